The van der Waals surface area contributed by atoms with Crippen LogP contribution in [0.3, 0.4) is 0 Å². The summed E-state index contributed by atoms with van der Waals surface area (Å²) in [5, 5.41) is 3.88. The van der Waals surface area contributed by atoms with E-state index in [2.05, 4.69) is 10.3 Å². The molecule has 8 heteroatoms. The van der Waals surface area contributed by atoms with Gasteiger partial charge in [-0.05, 0) is 42.8 Å². The standard InChI is InChI=1S/C19H18ClN3O3S/c1-11-4-7-16(26-3)15(8-11)23-18(25)13-6-5-12(20)9-14(13)22-19(23)27-10-17(24)21-2/h4-9H,10H2,1-3H3,(H,21,24). The number of aryl methyl sites for hydroxylation is 1. The lowest BCUT2D eigenvalue weighted by molar-refractivity contribution is -0.118. The van der Waals surface area contributed by atoms with Crippen LogP contribution in [0.2, 0.25) is 5.02 Å². The average molecular weight is 404 g/mol. The predicted octanol–water partition coefficient (Wildman–Crippen LogP) is 3.19. The van der Waals surface area contributed by atoms with Gasteiger partial charge in [0.1, 0.15) is 5.75 Å². The first kappa shape index (κ1) is 19.3. The first-order valence-electron chi connectivity index (χ1n) is 8.15. The number of carbonyl (C=O) groups excluding carboxylic acids is 1. The van der Waals surface area contributed by atoms with Crippen molar-refractivity contribution in [1.82, 2.24) is 14.9 Å². The molecule has 0 aliphatic heterocycles. The molecule has 3 aromatic rings. The van der Waals surface area contributed by atoms with E-state index >= 15 is 0 Å². The fourth-order valence-corrected chi connectivity index (χ4v) is 3.67. The van der Waals surface area contributed by atoms with E-state index in [0.717, 1.165) is 5.56 Å². The van der Waals surface area contributed by atoms with Crippen molar-refractivity contribution in [2.24, 2.45) is 0 Å². The smallest absolute Gasteiger partial charge is 0.266 e. The van der Waals surface area contributed by atoms with Crippen molar-refractivity contribution in [3.63, 3.8) is 0 Å². The Morgan fingerprint density at radius 1 is 1.30 bits per heavy atom. The second kappa shape index (κ2) is 8.02. The number of aromatic nitrogens is 2. The number of halogens is 1. The summed E-state index contributed by atoms with van der Waals surface area (Å²) in [4.78, 5) is 29.6. The van der Waals surface area contributed by atoms with Crippen LogP contribution >= 0.6 is 23.4 Å². The summed E-state index contributed by atoms with van der Waals surface area (Å²) in [6, 6.07) is 10.5. The van der Waals surface area contributed by atoms with Crippen molar-refractivity contribution < 1.29 is 9.53 Å². The molecule has 0 spiro atoms. The third kappa shape index (κ3) is 3.94. The van der Waals surface area contributed by atoms with E-state index in [1.54, 1.807) is 38.4 Å². The molecule has 27 heavy (non-hydrogen) atoms. The van der Waals surface area contributed by atoms with Crippen LogP contribution in [0.25, 0.3) is 16.6 Å². The molecular weight excluding hydrogens is 386 g/mol. The van der Waals surface area contributed by atoms with Gasteiger partial charge in [0.2, 0.25) is 5.91 Å². The number of carbonyl (C=O) groups is 1. The lowest BCUT2D eigenvalue weighted by atomic mass is 10.2. The van der Waals surface area contributed by atoms with Gasteiger partial charge in [-0.1, -0.05) is 29.4 Å². The van der Waals surface area contributed by atoms with E-state index < -0.39 is 0 Å². The van der Waals surface area contributed by atoms with Crippen molar-refractivity contribution in [2.75, 3.05) is 19.9 Å². The van der Waals surface area contributed by atoms with E-state index in [1.165, 1.54) is 16.3 Å². The Morgan fingerprint density at radius 2 is 2.07 bits per heavy atom. The zero-order valence-electron chi connectivity index (χ0n) is 15.1. The monoisotopic (exact) mass is 403 g/mol. The molecule has 1 amide bonds. The molecule has 0 fully saturated rings. The fourth-order valence-electron chi connectivity index (χ4n) is 2.62. The molecule has 0 radical (unpaired) electrons. The number of ether oxygens (including phenoxy) is 1. The minimum absolute atomic E-state index is 0.128. The number of rotatable bonds is 5. The Kier molecular flexibility index (Phi) is 5.72. The van der Waals surface area contributed by atoms with Gasteiger partial charge in [0, 0.05) is 12.1 Å². The van der Waals surface area contributed by atoms with Crippen molar-refractivity contribution in [3.05, 3.63) is 57.3 Å². The number of benzene rings is 2. The molecule has 0 saturated carbocycles. The zero-order valence-corrected chi connectivity index (χ0v) is 16.6. The maximum absolute atomic E-state index is 13.3. The van der Waals surface area contributed by atoms with Crippen LogP contribution in [-0.2, 0) is 4.79 Å². The molecule has 3 rings (SSSR count). The van der Waals surface area contributed by atoms with E-state index in [9.17, 15) is 9.59 Å². The highest BCUT2D eigenvalue weighted by Gasteiger charge is 2.18. The summed E-state index contributed by atoms with van der Waals surface area (Å²) >= 11 is 7.23. The van der Waals surface area contributed by atoms with Gasteiger partial charge in [0.15, 0.2) is 5.16 Å². The molecule has 0 atom stereocenters. The van der Waals surface area contributed by atoms with Crippen LogP contribution in [0.4, 0.5) is 0 Å². The molecule has 140 valence electrons. The summed E-state index contributed by atoms with van der Waals surface area (Å²) in [7, 11) is 3.11. The largest absolute Gasteiger partial charge is 0.495 e. The number of nitrogens with zero attached hydrogens (tertiary/aromatic N) is 2. The number of amides is 1. The highest BCUT2D eigenvalue weighted by Crippen LogP contribution is 2.28. The first-order valence-corrected chi connectivity index (χ1v) is 9.51. The van der Waals surface area contributed by atoms with Crippen LogP contribution in [-0.4, -0.2) is 35.4 Å². The Labute approximate surface area is 165 Å². The fraction of sp³-hybridized carbons (Fsp3) is 0.211. The molecule has 2 aromatic carbocycles. The van der Waals surface area contributed by atoms with Crippen molar-refractivity contribution >= 4 is 40.2 Å². The molecular formula is C19H18ClN3O3S. The second-order valence-corrected chi connectivity index (χ2v) is 7.21. The number of fused-ring (bicyclic) bond motifs is 1. The minimum atomic E-state index is -0.250. The summed E-state index contributed by atoms with van der Waals surface area (Å²) < 4.78 is 6.93. The third-order valence-electron chi connectivity index (χ3n) is 3.99. The summed E-state index contributed by atoms with van der Waals surface area (Å²) in [6.07, 6.45) is 0. The number of methoxy groups -OCH3 is 1. The van der Waals surface area contributed by atoms with E-state index in [1.807, 2.05) is 19.1 Å². The molecule has 0 aliphatic carbocycles. The van der Waals surface area contributed by atoms with Gasteiger partial charge in [-0.3, -0.25) is 14.2 Å². The lowest BCUT2D eigenvalue weighted by Gasteiger charge is -2.16. The molecule has 6 nitrogen and oxygen atoms in total. The Balaban J connectivity index is 2.30. The maximum atomic E-state index is 13.3. The average Bonchev–Trinajstić information content (AvgIpc) is 2.65. The normalized spacial score (nSPS) is 10.8. The molecule has 0 aliphatic rings. The Hall–Kier alpha value is -2.51. The lowest BCUT2D eigenvalue weighted by Crippen LogP contribution is -2.24. The van der Waals surface area contributed by atoms with Gasteiger partial charge < -0.3 is 10.1 Å². The van der Waals surface area contributed by atoms with Gasteiger partial charge in [-0.2, -0.15) is 0 Å². The van der Waals surface area contributed by atoms with Gasteiger partial charge in [-0.15, -0.1) is 0 Å². The van der Waals surface area contributed by atoms with Gasteiger partial charge in [-0.25, -0.2) is 4.98 Å². The van der Waals surface area contributed by atoms with Crippen molar-refractivity contribution in [3.8, 4) is 11.4 Å². The van der Waals surface area contributed by atoms with Crippen LogP contribution in [0.15, 0.2) is 46.3 Å². The van der Waals surface area contributed by atoms with Crippen LogP contribution in [0.1, 0.15) is 5.56 Å². The zero-order chi connectivity index (χ0) is 19.6. The third-order valence-corrected chi connectivity index (χ3v) is 5.16. The highest BCUT2D eigenvalue weighted by molar-refractivity contribution is 7.99. The summed E-state index contributed by atoms with van der Waals surface area (Å²) in [6.45, 7) is 1.93. The summed E-state index contributed by atoms with van der Waals surface area (Å²) in [5.41, 5.74) is 1.78. The Bertz CT molecular complexity index is 1080. The van der Waals surface area contributed by atoms with E-state index in [0.29, 0.717) is 32.5 Å². The molecule has 1 heterocycles. The summed E-state index contributed by atoms with van der Waals surface area (Å²) in [5.74, 6) is 0.506. The molecule has 0 bridgehead atoms. The van der Waals surface area contributed by atoms with Crippen molar-refractivity contribution in [2.45, 2.75) is 12.1 Å². The van der Waals surface area contributed by atoms with E-state index in [-0.39, 0.29) is 17.2 Å². The number of nitrogens with one attached hydrogen (secondary N) is 1. The molecule has 0 saturated heterocycles. The number of thioether (sulfide) groups is 1. The number of hydrogen-bond acceptors (Lipinski definition) is 5. The van der Waals surface area contributed by atoms with Gasteiger partial charge in [0.25, 0.3) is 5.56 Å². The SMILES string of the molecule is CNC(=O)CSc1nc2cc(Cl)ccc2c(=O)n1-c1cc(C)ccc1OC. The maximum Gasteiger partial charge on any atom is 0.266 e. The van der Waals surface area contributed by atoms with E-state index in [4.69, 9.17) is 16.3 Å². The molecule has 1 N–H and O–H groups in total. The molecule has 0 unspecified atom stereocenters. The second-order valence-electron chi connectivity index (χ2n) is 5.83. The molecule has 1 aromatic heterocycles. The predicted molar refractivity (Wildman–Crippen MR) is 108 cm³/mol. The number of hydrogen-bond donors (Lipinski definition) is 1. The first-order chi connectivity index (χ1) is 12.9. The van der Waals surface area contributed by atoms with Crippen LogP contribution < -0.4 is 15.6 Å². The van der Waals surface area contributed by atoms with Crippen molar-refractivity contribution in [1.29, 1.82) is 0 Å². The van der Waals surface area contributed by atoms with Crippen LogP contribution in [0, 0.1) is 6.92 Å². The Morgan fingerprint density at radius 3 is 2.78 bits per heavy atom. The van der Waals surface area contributed by atoms with Gasteiger partial charge in [0.05, 0.1) is 29.5 Å². The minimum Gasteiger partial charge on any atom is -0.495 e. The van der Waals surface area contributed by atoms with Crippen LogP contribution in [0.5, 0.6) is 5.75 Å². The highest BCUT2D eigenvalue weighted by atomic mass is 35.5. The topological polar surface area (TPSA) is 73.2 Å². The van der Waals surface area contributed by atoms with Gasteiger partial charge >= 0.3 is 0 Å². The quantitative estimate of drug-likeness (QED) is 0.523.